The molecular weight excluding hydrogens is 372 g/mol. The van der Waals surface area contributed by atoms with Crippen molar-refractivity contribution in [3.05, 3.63) is 62.2 Å². The Morgan fingerprint density at radius 3 is 2.39 bits per heavy atom. The maximum atomic E-state index is 11.1. The predicted octanol–water partition coefficient (Wildman–Crippen LogP) is 2.74. The highest BCUT2D eigenvalue weighted by Crippen LogP contribution is 2.30. The van der Waals surface area contributed by atoms with E-state index >= 15 is 0 Å². The van der Waals surface area contributed by atoms with Crippen LogP contribution in [0.5, 0.6) is 11.5 Å². The quantitative estimate of drug-likeness (QED) is 0.469. The first kappa shape index (κ1) is 19.0. The van der Waals surface area contributed by atoms with Crippen molar-refractivity contribution in [1.29, 1.82) is 0 Å². The third kappa shape index (κ3) is 4.71. The van der Waals surface area contributed by atoms with Crippen molar-refractivity contribution in [2.75, 3.05) is 31.9 Å². The maximum absolute atomic E-state index is 11.1. The minimum Gasteiger partial charge on any atom is -0.487 e. The summed E-state index contributed by atoms with van der Waals surface area (Å²) in [6, 6.07) is 8.46. The molecule has 0 spiro atoms. The molecular formula is C17H16N4O7. The summed E-state index contributed by atoms with van der Waals surface area (Å²) in [5, 5.41) is 25.9. The van der Waals surface area contributed by atoms with Gasteiger partial charge >= 0.3 is 5.69 Å². The number of rotatable bonds is 5. The average molecular weight is 388 g/mol. The van der Waals surface area contributed by atoms with E-state index in [0.29, 0.717) is 43.5 Å². The minimum absolute atomic E-state index is 0.0336. The fourth-order valence-electron chi connectivity index (χ4n) is 2.42. The Morgan fingerprint density at radius 2 is 1.68 bits per heavy atom. The molecule has 0 aliphatic carbocycles. The third-order valence-electron chi connectivity index (χ3n) is 3.73. The first-order valence-corrected chi connectivity index (χ1v) is 8.24. The van der Waals surface area contributed by atoms with E-state index in [4.69, 9.17) is 14.2 Å². The van der Waals surface area contributed by atoms with Crippen molar-refractivity contribution in [1.82, 2.24) is 0 Å². The number of anilines is 1. The Labute approximate surface area is 158 Å². The molecule has 0 amide bonds. The number of ether oxygens (including phenoxy) is 3. The molecule has 1 heterocycles. The van der Waals surface area contributed by atoms with Gasteiger partial charge in [-0.25, -0.2) is 0 Å². The summed E-state index contributed by atoms with van der Waals surface area (Å²) in [5.74, 6) is 1.12. The summed E-state index contributed by atoms with van der Waals surface area (Å²) in [6.45, 7) is 1.72. The van der Waals surface area contributed by atoms with Crippen LogP contribution in [0.3, 0.4) is 0 Å². The standard InChI is InChI=1S/C17H16N4O7/c22-20(23)13-2-3-14(15(10-13)21(24)25)19-18-11-12-1-4-16-17(9-12)28-8-6-26-5-7-27-16/h1-4,9-11,19H,5-8H2/b18-11+. The number of benzene rings is 2. The van der Waals surface area contributed by atoms with Gasteiger partial charge in [-0.1, -0.05) is 0 Å². The van der Waals surface area contributed by atoms with E-state index in [1.165, 1.54) is 12.3 Å². The minimum atomic E-state index is -0.716. The van der Waals surface area contributed by atoms with E-state index in [1.54, 1.807) is 18.2 Å². The molecule has 0 radical (unpaired) electrons. The lowest BCUT2D eigenvalue weighted by molar-refractivity contribution is -0.393. The van der Waals surface area contributed by atoms with Crippen molar-refractivity contribution in [3.8, 4) is 11.5 Å². The second kappa shape index (κ2) is 8.77. The second-order valence-electron chi connectivity index (χ2n) is 5.60. The Bertz CT molecular complexity index is 916. The Morgan fingerprint density at radius 1 is 0.929 bits per heavy atom. The van der Waals surface area contributed by atoms with Gasteiger partial charge < -0.3 is 14.2 Å². The zero-order valence-electron chi connectivity index (χ0n) is 14.6. The van der Waals surface area contributed by atoms with Crippen LogP contribution in [0, 0.1) is 20.2 Å². The van der Waals surface area contributed by atoms with Crippen molar-refractivity contribution in [3.63, 3.8) is 0 Å². The fraction of sp³-hybridized carbons (Fsp3) is 0.235. The van der Waals surface area contributed by atoms with Crippen LogP contribution in [0.4, 0.5) is 17.1 Å². The number of hydrogen-bond acceptors (Lipinski definition) is 9. The molecule has 0 aromatic heterocycles. The molecule has 0 fully saturated rings. The molecule has 0 unspecified atom stereocenters. The van der Waals surface area contributed by atoms with Gasteiger partial charge in [-0.2, -0.15) is 5.10 Å². The van der Waals surface area contributed by atoms with Gasteiger partial charge in [0.05, 0.1) is 35.3 Å². The normalized spacial score (nSPS) is 14.0. The van der Waals surface area contributed by atoms with E-state index < -0.39 is 15.5 Å². The van der Waals surface area contributed by atoms with Crippen LogP contribution in [0.2, 0.25) is 0 Å². The fourth-order valence-corrected chi connectivity index (χ4v) is 2.42. The molecule has 28 heavy (non-hydrogen) atoms. The number of non-ortho nitro benzene ring substituents is 1. The number of hydrazone groups is 1. The topological polar surface area (TPSA) is 138 Å². The molecule has 2 aromatic rings. The molecule has 2 aromatic carbocycles. The van der Waals surface area contributed by atoms with E-state index in [0.717, 1.165) is 12.1 Å². The van der Waals surface area contributed by atoms with E-state index in [1.807, 2.05) is 0 Å². The van der Waals surface area contributed by atoms with Crippen LogP contribution < -0.4 is 14.9 Å². The maximum Gasteiger partial charge on any atom is 0.301 e. The van der Waals surface area contributed by atoms with Crippen molar-refractivity contribution in [2.24, 2.45) is 5.10 Å². The molecule has 1 aliphatic heterocycles. The van der Waals surface area contributed by atoms with E-state index in [-0.39, 0.29) is 11.4 Å². The molecule has 0 saturated heterocycles. The van der Waals surface area contributed by atoms with E-state index in [9.17, 15) is 20.2 Å². The third-order valence-corrected chi connectivity index (χ3v) is 3.73. The largest absolute Gasteiger partial charge is 0.487 e. The summed E-state index contributed by atoms with van der Waals surface area (Å²) < 4.78 is 16.5. The van der Waals surface area contributed by atoms with Crippen molar-refractivity contribution < 1.29 is 24.1 Å². The monoisotopic (exact) mass is 388 g/mol. The van der Waals surface area contributed by atoms with Gasteiger partial charge in [-0.15, -0.1) is 0 Å². The molecule has 0 bridgehead atoms. The molecule has 0 saturated carbocycles. The van der Waals surface area contributed by atoms with Crippen LogP contribution in [-0.4, -0.2) is 42.5 Å². The van der Waals surface area contributed by atoms with Crippen LogP contribution in [0.15, 0.2) is 41.5 Å². The highest BCUT2D eigenvalue weighted by Gasteiger charge is 2.19. The SMILES string of the molecule is O=[N+]([O-])c1ccc(N/N=C/c2ccc3c(c2)OCCOCCO3)c([N+](=O)[O-])c1. The van der Waals surface area contributed by atoms with Gasteiger partial charge in [-0.05, 0) is 29.8 Å². The first-order valence-electron chi connectivity index (χ1n) is 8.24. The van der Waals surface area contributed by atoms with E-state index in [2.05, 4.69) is 10.5 Å². The highest BCUT2D eigenvalue weighted by atomic mass is 16.6. The smallest absolute Gasteiger partial charge is 0.301 e. The molecule has 1 N–H and O–H groups in total. The van der Waals surface area contributed by atoms with Gasteiger partial charge in [0.2, 0.25) is 0 Å². The number of nitro benzene ring substituents is 2. The number of nitro groups is 2. The van der Waals surface area contributed by atoms with Gasteiger partial charge in [0.25, 0.3) is 5.69 Å². The van der Waals surface area contributed by atoms with Crippen LogP contribution in [0.1, 0.15) is 5.56 Å². The Hall–Kier alpha value is -3.73. The lowest BCUT2D eigenvalue weighted by Crippen LogP contribution is -2.08. The molecule has 3 rings (SSSR count). The molecule has 1 aliphatic rings. The Kier molecular flexibility index (Phi) is 5.97. The van der Waals surface area contributed by atoms with Crippen LogP contribution in [-0.2, 0) is 4.74 Å². The van der Waals surface area contributed by atoms with Crippen LogP contribution >= 0.6 is 0 Å². The highest BCUT2D eigenvalue weighted by molar-refractivity contribution is 5.82. The van der Waals surface area contributed by atoms with Gasteiger partial charge in [0, 0.05) is 6.07 Å². The number of hydrogen-bond donors (Lipinski definition) is 1. The molecule has 11 heteroatoms. The van der Waals surface area contributed by atoms with Crippen molar-refractivity contribution in [2.45, 2.75) is 0 Å². The van der Waals surface area contributed by atoms with Gasteiger partial charge in [0.1, 0.15) is 18.9 Å². The lowest BCUT2D eigenvalue weighted by atomic mass is 10.2. The summed E-state index contributed by atoms with van der Waals surface area (Å²) in [5.41, 5.74) is 2.41. The number of nitrogens with one attached hydrogen (secondary N) is 1. The summed E-state index contributed by atoms with van der Waals surface area (Å²) >= 11 is 0. The number of nitrogens with zero attached hydrogens (tertiary/aromatic N) is 3. The van der Waals surface area contributed by atoms with Gasteiger partial charge in [0.15, 0.2) is 11.5 Å². The average Bonchev–Trinajstić information content (AvgIpc) is 2.79. The van der Waals surface area contributed by atoms with Crippen molar-refractivity contribution >= 4 is 23.3 Å². The summed E-state index contributed by atoms with van der Waals surface area (Å²) in [7, 11) is 0. The lowest BCUT2D eigenvalue weighted by Gasteiger charge is -2.10. The second-order valence-corrected chi connectivity index (χ2v) is 5.60. The first-order chi connectivity index (χ1) is 13.5. The van der Waals surface area contributed by atoms with Gasteiger partial charge in [-0.3, -0.25) is 25.7 Å². The zero-order chi connectivity index (χ0) is 19.9. The Balaban J connectivity index is 1.76. The zero-order valence-corrected chi connectivity index (χ0v) is 14.6. The summed E-state index contributed by atoms with van der Waals surface area (Å²) in [6.07, 6.45) is 1.44. The number of fused-ring (bicyclic) bond motifs is 1. The molecule has 146 valence electrons. The molecule has 0 atom stereocenters. The molecule has 11 nitrogen and oxygen atoms in total. The summed E-state index contributed by atoms with van der Waals surface area (Å²) in [4.78, 5) is 20.5. The van der Waals surface area contributed by atoms with Crippen LogP contribution in [0.25, 0.3) is 0 Å². The predicted molar refractivity (Wildman–Crippen MR) is 99.2 cm³/mol.